The Kier molecular flexibility index (Phi) is 9.56. The first kappa shape index (κ1) is 21.8. The molecule has 3 heteroatoms. The molecule has 0 atom stereocenters. The summed E-state index contributed by atoms with van der Waals surface area (Å²) in [5.74, 6) is 2.73. The number of allylic oxidation sites excluding steroid dienone is 2. The van der Waals surface area contributed by atoms with Gasteiger partial charge in [-0.25, -0.2) is 0 Å². The first-order chi connectivity index (χ1) is 12.5. The fourth-order valence-corrected chi connectivity index (χ4v) is 5.22. The number of alkyl halides is 3. The van der Waals surface area contributed by atoms with Gasteiger partial charge in [-0.2, -0.15) is 13.2 Å². The number of hydrogen-bond acceptors (Lipinski definition) is 0. The molecule has 0 aromatic heterocycles. The third-order valence-electron chi connectivity index (χ3n) is 6.90. The van der Waals surface area contributed by atoms with Crippen molar-refractivity contribution in [3.8, 4) is 0 Å². The fourth-order valence-electron chi connectivity index (χ4n) is 5.22. The summed E-state index contributed by atoms with van der Waals surface area (Å²) in [7, 11) is 0. The molecule has 152 valence electrons. The van der Waals surface area contributed by atoms with Gasteiger partial charge in [0.05, 0.1) is 0 Å². The van der Waals surface area contributed by atoms with Crippen LogP contribution in [0.4, 0.5) is 13.2 Å². The molecule has 0 nitrogen and oxygen atoms in total. The Labute approximate surface area is 159 Å². The van der Waals surface area contributed by atoms with Crippen molar-refractivity contribution in [1.82, 2.24) is 0 Å². The Morgan fingerprint density at radius 3 is 1.85 bits per heavy atom. The number of unbranched alkanes of at least 4 members (excludes halogenated alkanes) is 5. The molecule has 26 heavy (non-hydrogen) atoms. The van der Waals surface area contributed by atoms with E-state index in [0.29, 0.717) is 6.08 Å². The van der Waals surface area contributed by atoms with Crippen LogP contribution in [0.3, 0.4) is 0 Å². The zero-order valence-corrected chi connectivity index (χ0v) is 16.7. The highest BCUT2D eigenvalue weighted by Crippen LogP contribution is 2.42. The van der Waals surface area contributed by atoms with Crippen LogP contribution in [0.25, 0.3) is 0 Å². The van der Waals surface area contributed by atoms with Crippen molar-refractivity contribution in [1.29, 1.82) is 0 Å². The molecule has 0 unspecified atom stereocenters. The highest BCUT2D eigenvalue weighted by Gasteiger charge is 2.31. The normalized spacial score (nSPS) is 30.8. The molecule has 2 saturated carbocycles. The smallest absolute Gasteiger partial charge is 0.167 e. The van der Waals surface area contributed by atoms with Gasteiger partial charge in [0.1, 0.15) is 0 Å². The lowest BCUT2D eigenvalue weighted by molar-refractivity contribution is -0.0803. The minimum atomic E-state index is -4.15. The second kappa shape index (κ2) is 11.4. The van der Waals surface area contributed by atoms with Gasteiger partial charge in [-0.15, -0.1) is 0 Å². The van der Waals surface area contributed by atoms with Crippen molar-refractivity contribution in [2.24, 2.45) is 23.7 Å². The van der Waals surface area contributed by atoms with Gasteiger partial charge in [-0.1, -0.05) is 70.8 Å². The predicted octanol–water partition coefficient (Wildman–Crippen LogP) is 8.47. The van der Waals surface area contributed by atoms with E-state index in [-0.39, 0.29) is 5.92 Å². The molecule has 2 fully saturated rings. The summed E-state index contributed by atoms with van der Waals surface area (Å²) in [6.45, 7) is 2.27. The zero-order chi connectivity index (χ0) is 18.8. The van der Waals surface area contributed by atoms with Gasteiger partial charge in [0, 0.05) is 6.08 Å². The SMILES string of the molecule is CCCCCCCCC1CCC(C2CCC(C=CC(F)(F)F)CC2)CC1. The summed E-state index contributed by atoms with van der Waals surface area (Å²) >= 11 is 0. The molecule has 0 radical (unpaired) electrons. The van der Waals surface area contributed by atoms with Crippen molar-refractivity contribution in [2.45, 2.75) is 109 Å². The zero-order valence-electron chi connectivity index (χ0n) is 16.7. The van der Waals surface area contributed by atoms with E-state index >= 15 is 0 Å². The van der Waals surface area contributed by atoms with Crippen molar-refractivity contribution < 1.29 is 13.2 Å². The van der Waals surface area contributed by atoms with Crippen LogP contribution in [0.2, 0.25) is 0 Å². The average Bonchev–Trinajstić information content (AvgIpc) is 2.63. The van der Waals surface area contributed by atoms with Crippen LogP contribution < -0.4 is 0 Å². The molecular formula is C23H39F3. The molecule has 0 aliphatic heterocycles. The topological polar surface area (TPSA) is 0 Å². The Morgan fingerprint density at radius 2 is 1.27 bits per heavy atom. The standard InChI is InChI=1S/C23H39F3/c1-2-3-4-5-6-7-8-19-9-13-21(14-10-19)22-15-11-20(12-16-22)17-18-23(24,25)26/h17-22H,2-16H2,1H3. The van der Waals surface area contributed by atoms with Crippen molar-refractivity contribution in [3.05, 3.63) is 12.2 Å². The Morgan fingerprint density at radius 1 is 0.731 bits per heavy atom. The summed E-state index contributed by atoms with van der Waals surface area (Å²) in [6.07, 6.45) is 17.2. The second-order valence-corrected chi connectivity index (χ2v) is 8.91. The van der Waals surface area contributed by atoms with E-state index in [2.05, 4.69) is 6.92 Å². The lowest BCUT2D eigenvalue weighted by Crippen LogP contribution is -2.25. The summed E-state index contributed by atoms with van der Waals surface area (Å²) < 4.78 is 36.9. The Bertz CT molecular complexity index is 383. The van der Waals surface area contributed by atoms with E-state index in [1.165, 1.54) is 76.7 Å². The summed E-state index contributed by atoms with van der Waals surface area (Å²) in [5.41, 5.74) is 0. The van der Waals surface area contributed by atoms with Gasteiger partial charge in [0.15, 0.2) is 0 Å². The van der Waals surface area contributed by atoms with Gasteiger partial charge >= 0.3 is 6.18 Å². The first-order valence-corrected chi connectivity index (χ1v) is 11.2. The molecule has 0 heterocycles. The van der Waals surface area contributed by atoms with Crippen molar-refractivity contribution in [2.75, 3.05) is 0 Å². The van der Waals surface area contributed by atoms with Crippen LogP contribution in [0.1, 0.15) is 103 Å². The summed E-state index contributed by atoms with van der Waals surface area (Å²) in [6, 6.07) is 0. The van der Waals surface area contributed by atoms with Crippen LogP contribution in [0.5, 0.6) is 0 Å². The molecule has 0 aromatic rings. The summed E-state index contributed by atoms with van der Waals surface area (Å²) in [4.78, 5) is 0. The molecule has 0 spiro atoms. The third kappa shape index (κ3) is 8.48. The second-order valence-electron chi connectivity index (χ2n) is 8.91. The number of hydrogen-bond donors (Lipinski definition) is 0. The van der Waals surface area contributed by atoms with E-state index < -0.39 is 6.18 Å². The Balaban J connectivity index is 1.57. The van der Waals surface area contributed by atoms with Crippen molar-refractivity contribution >= 4 is 0 Å². The van der Waals surface area contributed by atoms with Crippen LogP contribution in [0, 0.1) is 23.7 Å². The largest absolute Gasteiger partial charge is 0.409 e. The molecule has 2 aliphatic rings. The quantitative estimate of drug-likeness (QED) is 0.281. The van der Waals surface area contributed by atoms with E-state index in [9.17, 15) is 13.2 Å². The van der Waals surface area contributed by atoms with Crippen molar-refractivity contribution in [3.63, 3.8) is 0 Å². The minimum Gasteiger partial charge on any atom is -0.167 e. The predicted molar refractivity (Wildman–Crippen MR) is 104 cm³/mol. The third-order valence-corrected chi connectivity index (χ3v) is 6.90. The fraction of sp³-hybridized carbons (Fsp3) is 0.913. The number of halogens is 3. The van der Waals surface area contributed by atoms with E-state index in [1.807, 2.05) is 0 Å². The van der Waals surface area contributed by atoms with Gasteiger partial charge in [0.25, 0.3) is 0 Å². The lowest BCUT2D eigenvalue weighted by atomic mass is 9.68. The number of rotatable bonds is 9. The maximum atomic E-state index is 12.3. The van der Waals surface area contributed by atoms with E-state index in [4.69, 9.17) is 0 Å². The van der Waals surface area contributed by atoms with Crippen LogP contribution in [-0.2, 0) is 0 Å². The van der Waals surface area contributed by atoms with Crippen LogP contribution in [0.15, 0.2) is 12.2 Å². The van der Waals surface area contributed by atoms with Crippen LogP contribution in [-0.4, -0.2) is 6.18 Å². The van der Waals surface area contributed by atoms with Gasteiger partial charge in [-0.05, 0) is 62.2 Å². The Hall–Kier alpha value is -0.470. The maximum absolute atomic E-state index is 12.3. The van der Waals surface area contributed by atoms with Gasteiger partial charge in [0.2, 0.25) is 0 Å². The summed E-state index contributed by atoms with van der Waals surface area (Å²) in [5, 5.41) is 0. The molecule has 0 saturated heterocycles. The molecular weight excluding hydrogens is 333 g/mol. The van der Waals surface area contributed by atoms with E-state index in [0.717, 1.165) is 43.4 Å². The van der Waals surface area contributed by atoms with Gasteiger partial charge < -0.3 is 0 Å². The minimum absolute atomic E-state index is 0.150. The molecule has 0 aromatic carbocycles. The molecule has 0 amide bonds. The molecule has 2 rings (SSSR count). The van der Waals surface area contributed by atoms with E-state index in [1.54, 1.807) is 0 Å². The van der Waals surface area contributed by atoms with Gasteiger partial charge in [-0.3, -0.25) is 0 Å². The molecule has 2 aliphatic carbocycles. The molecule has 0 bridgehead atoms. The highest BCUT2D eigenvalue weighted by atomic mass is 19.4. The molecule has 0 N–H and O–H groups in total. The highest BCUT2D eigenvalue weighted by molar-refractivity contribution is 4.96. The lowest BCUT2D eigenvalue weighted by Gasteiger charge is -2.37. The van der Waals surface area contributed by atoms with Crippen LogP contribution >= 0.6 is 0 Å². The monoisotopic (exact) mass is 372 g/mol. The maximum Gasteiger partial charge on any atom is 0.409 e. The average molecular weight is 373 g/mol. The first-order valence-electron chi connectivity index (χ1n) is 11.2.